The molecule has 2 unspecified atom stereocenters. The standard InChI is InChI=1S/C41H78NO8P/c1-3-5-7-9-11-13-15-17-19-21-23-25-27-29-31-33-38(44)41(50-51(46,47)48-36-35-42)39(37-43)49-40(45)34-32-30-28-26-24-22-20-18-16-14-12-10-8-6-4-2/h12,14,18,20,39,41,43H,3-11,13,15-17,19,21-37,42H2,1-2H3,(H,46,47)/b14-12-,20-18-/t39-,41?/m0/s1. The lowest BCUT2D eigenvalue weighted by molar-refractivity contribution is -0.161. The van der Waals surface area contributed by atoms with Crippen LogP contribution in [0.25, 0.3) is 0 Å². The minimum atomic E-state index is -4.67. The van der Waals surface area contributed by atoms with E-state index in [0.29, 0.717) is 12.8 Å². The van der Waals surface area contributed by atoms with E-state index in [-0.39, 0.29) is 26.0 Å². The van der Waals surface area contributed by atoms with Crippen molar-refractivity contribution in [3.63, 3.8) is 0 Å². The SMILES string of the molecule is CCCCC/C=C\C/C=C\CCCCCCCC(=O)O[C@@H](CO)C(OP(=O)(O)OCCN)C(=O)CCCCCCCCCCCCCCCCC. The maximum absolute atomic E-state index is 13.2. The number of hydrogen-bond donors (Lipinski definition) is 3. The molecule has 9 nitrogen and oxygen atoms in total. The van der Waals surface area contributed by atoms with E-state index in [2.05, 4.69) is 38.2 Å². The molecule has 0 aromatic carbocycles. The highest BCUT2D eigenvalue weighted by Gasteiger charge is 2.38. The Kier molecular flexibility index (Phi) is 36.0. The molecule has 51 heavy (non-hydrogen) atoms. The smallest absolute Gasteiger partial charge is 0.457 e. The highest BCUT2D eigenvalue weighted by molar-refractivity contribution is 7.47. The zero-order chi connectivity index (χ0) is 37.7. The van der Waals surface area contributed by atoms with Crippen molar-refractivity contribution in [1.29, 1.82) is 0 Å². The fraction of sp³-hybridized carbons (Fsp3) is 0.854. The van der Waals surface area contributed by atoms with E-state index >= 15 is 0 Å². The summed E-state index contributed by atoms with van der Waals surface area (Å²) in [5.74, 6) is -1.08. The molecule has 0 saturated heterocycles. The summed E-state index contributed by atoms with van der Waals surface area (Å²) < 4.78 is 28.0. The van der Waals surface area contributed by atoms with E-state index in [1.165, 1.54) is 89.9 Å². The van der Waals surface area contributed by atoms with Crippen molar-refractivity contribution in [3.05, 3.63) is 24.3 Å². The molecule has 0 bridgehead atoms. The van der Waals surface area contributed by atoms with Crippen LogP contribution in [0.2, 0.25) is 0 Å². The number of hydrogen-bond acceptors (Lipinski definition) is 8. The Balaban J connectivity index is 4.44. The molecule has 10 heteroatoms. The average Bonchev–Trinajstić information content (AvgIpc) is 3.12. The van der Waals surface area contributed by atoms with Gasteiger partial charge in [0, 0.05) is 19.4 Å². The van der Waals surface area contributed by atoms with Gasteiger partial charge in [-0.1, -0.05) is 160 Å². The molecule has 0 aliphatic carbocycles. The number of aliphatic hydroxyl groups is 1. The lowest BCUT2D eigenvalue weighted by Gasteiger charge is -2.26. The largest absolute Gasteiger partial charge is 0.473 e. The number of nitrogens with two attached hydrogens (primary N) is 1. The van der Waals surface area contributed by atoms with Gasteiger partial charge in [-0.2, -0.15) is 0 Å². The predicted molar refractivity (Wildman–Crippen MR) is 211 cm³/mol. The number of Topliss-reactive ketones (excluding diaryl/α,β-unsaturated/α-hetero) is 1. The molecule has 0 fully saturated rings. The number of esters is 1. The molecule has 0 aromatic rings. The third-order valence-electron chi connectivity index (χ3n) is 9.10. The number of phosphoric ester groups is 1. The Morgan fingerprint density at radius 1 is 0.647 bits per heavy atom. The Hall–Kier alpha value is -1.35. The van der Waals surface area contributed by atoms with Gasteiger partial charge >= 0.3 is 13.8 Å². The summed E-state index contributed by atoms with van der Waals surface area (Å²) in [4.78, 5) is 36.0. The van der Waals surface area contributed by atoms with E-state index in [0.717, 1.165) is 64.2 Å². The zero-order valence-electron chi connectivity index (χ0n) is 32.8. The van der Waals surface area contributed by atoms with Crippen molar-refractivity contribution >= 4 is 19.6 Å². The number of phosphoric acid groups is 1. The Labute approximate surface area is 312 Å². The number of aliphatic hydroxyl groups excluding tert-OH is 1. The van der Waals surface area contributed by atoms with Crippen LogP contribution in [0, 0.1) is 0 Å². The average molecular weight is 744 g/mol. The molecule has 4 N–H and O–H groups in total. The van der Waals surface area contributed by atoms with E-state index in [9.17, 15) is 24.2 Å². The zero-order valence-corrected chi connectivity index (χ0v) is 33.6. The third-order valence-corrected chi connectivity index (χ3v) is 10.1. The highest BCUT2D eigenvalue weighted by atomic mass is 31.2. The van der Waals surface area contributed by atoms with Gasteiger partial charge in [-0.15, -0.1) is 0 Å². The summed E-state index contributed by atoms with van der Waals surface area (Å²) in [5, 5.41) is 10.0. The molecular formula is C41H78NO8P. The van der Waals surface area contributed by atoms with Gasteiger partial charge in [0.25, 0.3) is 0 Å². The topological polar surface area (TPSA) is 145 Å². The Morgan fingerprint density at radius 2 is 1.08 bits per heavy atom. The number of ether oxygens (including phenoxy) is 1. The first-order valence-electron chi connectivity index (χ1n) is 20.8. The van der Waals surface area contributed by atoms with Gasteiger partial charge in [0.2, 0.25) is 0 Å². The van der Waals surface area contributed by atoms with Crippen LogP contribution in [-0.2, 0) is 27.9 Å². The molecule has 0 spiro atoms. The van der Waals surface area contributed by atoms with Crippen LogP contribution >= 0.6 is 7.82 Å². The van der Waals surface area contributed by atoms with Gasteiger partial charge in [-0.3, -0.25) is 18.6 Å². The minimum absolute atomic E-state index is 0.0163. The van der Waals surface area contributed by atoms with E-state index in [1.54, 1.807) is 0 Å². The lowest BCUT2D eigenvalue weighted by Crippen LogP contribution is -2.41. The molecule has 0 aliphatic rings. The Bertz CT molecular complexity index is 912. The van der Waals surface area contributed by atoms with Crippen LogP contribution in [0.5, 0.6) is 0 Å². The van der Waals surface area contributed by atoms with Gasteiger partial charge in [0.1, 0.15) is 0 Å². The van der Waals surface area contributed by atoms with Crippen molar-refractivity contribution in [3.8, 4) is 0 Å². The minimum Gasteiger partial charge on any atom is -0.457 e. The monoisotopic (exact) mass is 744 g/mol. The lowest BCUT2D eigenvalue weighted by atomic mass is 10.0. The molecule has 0 heterocycles. The number of rotatable bonds is 39. The molecule has 3 atom stereocenters. The summed E-state index contributed by atoms with van der Waals surface area (Å²) in [5.41, 5.74) is 5.38. The summed E-state index contributed by atoms with van der Waals surface area (Å²) in [7, 11) is -4.67. The van der Waals surface area contributed by atoms with Gasteiger partial charge < -0.3 is 20.5 Å². The molecule has 0 rings (SSSR count). The van der Waals surface area contributed by atoms with Crippen LogP contribution in [0.15, 0.2) is 24.3 Å². The quantitative estimate of drug-likeness (QED) is 0.0242. The fourth-order valence-corrected chi connectivity index (χ4v) is 6.93. The first kappa shape index (κ1) is 49.6. The number of unbranched alkanes of at least 4 members (excludes halogenated alkanes) is 22. The molecule has 0 radical (unpaired) electrons. The molecule has 300 valence electrons. The van der Waals surface area contributed by atoms with Gasteiger partial charge in [0.05, 0.1) is 13.2 Å². The van der Waals surface area contributed by atoms with Crippen LogP contribution in [-0.4, -0.2) is 53.7 Å². The predicted octanol–water partition coefficient (Wildman–Crippen LogP) is 11.0. The van der Waals surface area contributed by atoms with Crippen molar-refractivity contribution in [1.82, 2.24) is 0 Å². The van der Waals surface area contributed by atoms with Crippen LogP contribution in [0.3, 0.4) is 0 Å². The molecule has 0 saturated carbocycles. The number of carbonyl (C=O) groups is 2. The second kappa shape index (κ2) is 37.0. The third kappa shape index (κ3) is 33.0. The molecule has 0 amide bonds. The number of allylic oxidation sites excluding steroid dienone is 4. The van der Waals surface area contributed by atoms with Gasteiger partial charge in [-0.05, 0) is 44.9 Å². The van der Waals surface area contributed by atoms with Gasteiger partial charge in [0.15, 0.2) is 18.0 Å². The Morgan fingerprint density at radius 3 is 1.57 bits per heavy atom. The molecule has 0 aromatic heterocycles. The maximum Gasteiger partial charge on any atom is 0.473 e. The fourth-order valence-electron chi connectivity index (χ4n) is 5.99. The van der Waals surface area contributed by atoms with Crippen molar-refractivity contribution in [2.75, 3.05) is 19.8 Å². The summed E-state index contributed by atoms with van der Waals surface area (Å²) in [6.07, 6.45) is 35.7. The first-order chi connectivity index (χ1) is 24.8. The van der Waals surface area contributed by atoms with Crippen LogP contribution in [0.1, 0.15) is 194 Å². The van der Waals surface area contributed by atoms with Crippen LogP contribution < -0.4 is 5.73 Å². The summed E-state index contributed by atoms with van der Waals surface area (Å²) >= 11 is 0. The van der Waals surface area contributed by atoms with Crippen molar-refractivity contribution < 1.29 is 37.9 Å². The normalized spacial score (nSPS) is 14.3. The first-order valence-corrected chi connectivity index (χ1v) is 22.3. The molecular weight excluding hydrogens is 665 g/mol. The van der Waals surface area contributed by atoms with Crippen molar-refractivity contribution in [2.24, 2.45) is 5.73 Å². The van der Waals surface area contributed by atoms with E-state index in [4.69, 9.17) is 19.5 Å². The van der Waals surface area contributed by atoms with Crippen molar-refractivity contribution in [2.45, 2.75) is 206 Å². The molecule has 0 aliphatic heterocycles. The van der Waals surface area contributed by atoms with E-state index < -0.39 is 38.4 Å². The van der Waals surface area contributed by atoms with E-state index in [1.807, 2.05) is 0 Å². The van der Waals surface area contributed by atoms with Crippen LogP contribution in [0.4, 0.5) is 0 Å². The summed E-state index contributed by atoms with van der Waals surface area (Å²) in [6, 6.07) is 0. The maximum atomic E-state index is 13.2. The number of carbonyl (C=O) groups excluding carboxylic acids is 2. The van der Waals surface area contributed by atoms with Gasteiger partial charge in [-0.25, -0.2) is 4.57 Å². The second-order valence-corrected chi connectivity index (χ2v) is 15.4. The second-order valence-electron chi connectivity index (χ2n) is 14.0. The number of ketones is 1. The highest BCUT2D eigenvalue weighted by Crippen LogP contribution is 2.45. The summed E-state index contributed by atoms with van der Waals surface area (Å²) in [6.45, 7) is 3.48.